The molecule has 0 fully saturated rings. The second-order valence-corrected chi connectivity index (χ2v) is 4.20. The lowest BCUT2D eigenvalue weighted by Gasteiger charge is -2.15. The monoisotopic (exact) mass is 260 g/mol. The molecule has 0 saturated carbocycles. The summed E-state index contributed by atoms with van der Waals surface area (Å²) in [4.78, 5) is 21.9. The van der Waals surface area contributed by atoms with Crippen molar-refractivity contribution in [1.82, 2.24) is 5.32 Å². The number of aliphatic hydroxyl groups excluding tert-OH is 1. The lowest BCUT2D eigenvalue weighted by molar-refractivity contribution is -0.122. The number of ether oxygens (including phenoxy) is 1. The molecule has 0 aromatic rings. The predicted molar refractivity (Wildman–Crippen MR) is 67.8 cm³/mol. The SMILES string of the molecule is CO[C@H](CCCCO)CNC(=O)CCCC(N)=O. The van der Waals surface area contributed by atoms with Crippen molar-refractivity contribution in [3.63, 3.8) is 0 Å². The van der Waals surface area contributed by atoms with Gasteiger partial charge in [-0.3, -0.25) is 9.59 Å². The molecule has 0 rings (SSSR count). The molecule has 0 radical (unpaired) electrons. The van der Waals surface area contributed by atoms with Crippen LogP contribution in [0.5, 0.6) is 0 Å². The first kappa shape index (κ1) is 16.9. The van der Waals surface area contributed by atoms with E-state index in [-0.39, 0.29) is 30.9 Å². The Morgan fingerprint density at radius 1 is 1.28 bits per heavy atom. The van der Waals surface area contributed by atoms with E-state index in [2.05, 4.69) is 5.32 Å². The van der Waals surface area contributed by atoms with Gasteiger partial charge in [0, 0.05) is 33.1 Å². The molecule has 0 bridgehead atoms. The molecule has 0 aliphatic carbocycles. The second-order valence-electron chi connectivity index (χ2n) is 4.20. The maximum atomic E-state index is 11.4. The van der Waals surface area contributed by atoms with Crippen LogP contribution in [0.3, 0.4) is 0 Å². The van der Waals surface area contributed by atoms with Crippen molar-refractivity contribution in [3.05, 3.63) is 0 Å². The number of nitrogens with two attached hydrogens (primary N) is 1. The lowest BCUT2D eigenvalue weighted by atomic mass is 10.1. The molecule has 0 aromatic heterocycles. The zero-order chi connectivity index (χ0) is 13.8. The normalized spacial score (nSPS) is 12.1. The van der Waals surface area contributed by atoms with Crippen molar-refractivity contribution in [2.75, 3.05) is 20.3 Å². The highest BCUT2D eigenvalue weighted by atomic mass is 16.5. The molecular weight excluding hydrogens is 236 g/mol. The maximum absolute atomic E-state index is 11.4. The summed E-state index contributed by atoms with van der Waals surface area (Å²) < 4.78 is 5.22. The van der Waals surface area contributed by atoms with Crippen LogP contribution in [0, 0.1) is 0 Å². The zero-order valence-electron chi connectivity index (χ0n) is 11.0. The molecule has 1 atom stereocenters. The Balaban J connectivity index is 3.63. The van der Waals surface area contributed by atoms with Gasteiger partial charge in [-0.1, -0.05) is 0 Å². The Labute approximate surface area is 108 Å². The van der Waals surface area contributed by atoms with Crippen LogP contribution in [0.2, 0.25) is 0 Å². The summed E-state index contributed by atoms with van der Waals surface area (Å²) in [7, 11) is 1.60. The van der Waals surface area contributed by atoms with Crippen molar-refractivity contribution in [2.45, 2.75) is 44.6 Å². The van der Waals surface area contributed by atoms with Gasteiger partial charge in [0.1, 0.15) is 0 Å². The van der Waals surface area contributed by atoms with Gasteiger partial charge in [-0.15, -0.1) is 0 Å². The molecule has 106 valence electrons. The molecule has 0 aliphatic heterocycles. The van der Waals surface area contributed by atoms with Crippen LogP contribution in [0.1, 0.15) is 38.5 Å². The Morgan fingerprint density at radius 2 is 2.00 bits per heavy atom. The summed E-state index contributed by atoms with van der Waals surface area (Å²) in [5.41, 5.74) is 4.98. The van der Waals surface area contributed by atoms with Crippen LogP contribution in [-0.2, 0) is 14.3 Å². The summed E-state index contributed by atoms with van der Waals surface area (Å²) in [6.45, 7) is 0.632. The zero-order valence-corrected chi connectivity index (χ0v) is 11.0. The van der Waals surface area contributed by atoms with Crippen LogP contribution in [0.25, 0.3) is 0 Å². The van der Waals surface area contributed by atoms with Crippen molar-refractivity contribution < 1.29 is 19.4 Å². The van der Waals surface area contributed by atoms with Crippen molar-refractivity contribution in [2.24, 2.45) is 5.73 Å². The number of unbranched alkanes of at least 4 members (excludes halogenated alkanes) is 1. The summed E-state index contributed by atoms with van der Waals surface area (Å²) in [6, 6.07) is 0. The van der Waals surface area contributed by atoms with E-state index in [0.29, 0.717) is 19.4 Å². The van der Waals surface area contributed by atoms with Gasteiger partial charge in [0.15, 0.2) is 0 Å². The van der Waals surface area contributed by atoms with E-state index in [1.54, 1.807) is 7.11 Å². The number of aliphatic hydroxyl groups is 1. The van der Waals surface area contributed by atoms with Crippen LogP contribution >= 0.6 is 0 Å². The number of nitrogens with one attached hydrogen (secondary N) is 1. The Hall–Kier alpha value is -1.14. The van der Waals surface area contributed by atoms with Gasteiger partial charge in [-0.2, -0.15) is 0 Å². The number of hydrogen-bond donors (Lipinski definition) is 3. The highest BCUT2D eigenvalue weighted by molar-refractivity contribution is 5.77. The highest BCUT2D eigenvalue weighted by Gasteiger charge is 2.09. The summed E-state index contributed by atoms with van der Waals surface area (Å²) in [6.07, 6.45) is 3.39. The average molecular weight is 260 g/mol. The van der Waals surface area contributed by atoms with Gasteiger partial charge in [0.25, 0.3) is 0 Å². The Morgan fingerprint density at radius 3 is 2.56 bits per heavy atom. The number of rotatable bonds is 11. The molecule has 4 N–H and O–H groups in total. The average Bonchev–Trinajstić information content (AvgIpc) is 2.33. The summed E-state index contributed by atoms with van der Waals surface area (Å²) >= 11 is 0. The Bertz CT molecular complexity index is 246. The Kier molecular flexibility index (Phi) is 10.3. The molecule has 0 aliphatic rings. The molecule has 0 saturated heterocycles. The molecule has 0 spiro atoms. The van der Waals surface area contributed by atoms with E-state index in [1.165, 1.54) is 0 Å². The third-order valence-corrected chi connectivity index (χ3v) is 2.62. The lowest BCUT2D eigenvalue weighted by Crippen LogP contribution is -2.33. The molecular formula is C12H24N2O4. The minimum Gasteiger partial charge on any atom is -0.396 e. The van der Waals surface area contributed by atoms with Crippen molar-refractivity contribution >= 4 is 11.8 Å². The molecule has 0 aromatic carbocycles. The van der Waals surface area contributed by atoms with Gasteiger partial charge < -0.3 is 20.9 Å². The van der Waals surface area contributed by atoms with Gasteiger partial charge >= 0.3 is 0 Å². The van der Waals surface area contributed by atoms with Crippen LogP contribution in [-0.4, -0.2) is 43.3 Å². The highest BCUT2D eigenvalue weighted by Crippen LogP contribution is 2.03. The number of primary amides is 1. The predicted octanol–water partition coefficient (Wildman–Crippen LogP) is -0.0642. The summed E-state index contributed by atoms with van der Waals surface area (Å²) in [5, 5.41) is 11.4. The molecule has 18 heavy (non-hydrogen) atoms. The second kappa shape index (κ2) is 11.0. The standard InChI is InChI=1S/C12H24N2O4/c1-18-10(5-2-3-8-15)9-14-12(17)7-4-6-11(13)16/h10,15H,2-9H2,1H3,(H2,13,16)(H,14,17)/t10-/m1/s1. The van der Waals surface area contributed by atoms with Crippen LogP contribution in [0.15, 0.2) is 0 Å². The van der Waals surface area contributed by atoms with Crippen LogP contribution < -0.4 is 11.1 Å². The number of methoxy groups -OCH3 is 1. The fraction of sp³-hybridized carbons (Fsp3) is 0.833. The maximum Gasteiger partial charge on any atom is 0.220 e. The number of carbonyl (C=O) groups is 2. The largest absolute Gasteiger partial charge is 0.396 e. The number of amides is 2. The van der Waals surface area contributed by atoms with E-state index >= 15 is 0 Å². The minimum atomic E-state index is -0.387. The third-order valence-electron chi connectivity index (χ3n) is 2.62. The number of hydrogen-bond acceptors (Lipinski definition) is 4. The third kappa shape index (κ3) is 10.0. The van der Waals surface area contributed by atoms with Gasteiger partial charge in [-0.05, 0) is 25.7 Å². The van der Waals surface area contributed by atoms with Crippen molar-refractivity contribution in [3.8, 4) is 0 Å². The van der Waals surface area contributed by atoms with Gasteiger partial charge in [-0.25, -0.2) is 0 Å². The van der Waals surface area contributed by atoms with Crippen LogP contribution in [0.4, 0.5) is 0 Å². The molecule has 0 unspecified atom stereocenters. The van der Waals surface area contributed by atoms with Gasteiger partial charge in [0.2, 0.25) is 11.8 Å². The first-order valence-corrected chi connectivity index (χ1v) is 6.28. The molecule has 0 heterocycles. The topological polar surface area (TPSA) is 102 Å². The fourth-order valence-electron chi connectivity index (χ4n) is 1.53. The summed E-state index contributed by atoms with van der Waals surface area (Å²) in [5.74, 6) is -0.484. The van der Waals surface area contributed by atoms with E-state index < -0.39 is 0 Å². The van der Waals surface area contributed by atoms with E-state index in [9.17, 15) is 9.59 Å². The smallest absolute Gasteiger partial charge is 0.220 e. The number of carbonyl (C=O) groups excluding carboxylic acids is 2. The van der Waals surface area contributed by atoms with E-state index in [4.69, 9.17) is 15.6 Å². The first-order valence-electron chi connectivity index (χ1n) is 6.28. The molecule has 6 heteroatoms. The van der Waals surface area contributed by atoms with Crippen molar-refractivity contribution in [1.29, 1.82) is 0 Å². The molecule has 6 nitrogen and oxygen atoms in total. The quantitative estimate of drug-likeness (QED) is 0.453. The van der Waals surface area contributed by atoms with E-state index in [0.717, 1.165) is 19.3 Å². The fourth-order valence-corrected chi connectivity index (χ4v) is 1.53. The molecule has 2 amide bonds. The first-order chi connectivity index (χ1) is 8.60. The van der Waals surface area contributed by atoms with Gasteiger partial charge in [0.05, 0.1) is 6.10 Å². The minimum absolute atomic E-state index is 0.0309. The van der Waals surface area contributed by atoms with E-state index in [1.807, 2.05) is 0 Å².